The Kier molecular flexibility index (Phi) is 4.82. The minimum Gasteiger partial charge on any atom is -0.326 e. The minimum absolute atomic E-state index is 0.305. The molecule has 0 radical (unpaired) electrons. The van der Waals surface area contributed by atoms with Gasteiger partial charge in [-0.2, -0.15) is 0 Å². The van der Waals surface area contributed by atoms with E-state index in [1.807, 2.05) is 0 Å². The van der Waals surface area contributed by atoms with E-state index in [9.17, 15) is 8.42 Å². The molecule has 0 spiro atoms. The second-order valence-corrected chi connectivity index (χ2v) is 8.73. The molecule has 102 valence electrons. The summed E-state index contributed by atoms with van der Waals surface area (Å²) in [5.41, 5.74) is 5.51. The molecule has 1 aromatic heterocycles. The van der Waals surface area contributed by atoms with Gasteiger partial charge in [-0.05, 0) is 40.8 Å². The summed E-state index contributed by atoms with van der Waals surface area (Å²) in [6.07, 6.45) is 4.65. The lowest BCUT2D eigenvalue weighted by molar-refractivity contribution is 0.572. The Morgan fingerprint density at radius 3 is 2.78 bits per heavy atom. The van der Waals surface area contributed by atoms with Gasteiger partial charge in [-0.3, -0.25) is 0 Å². The van der Waals surface area contributed by atoms with Crippen LogP contribution < -0.4 is 10.5 Å². The fourth-order valence-electron chi connectivity index (χ4n) is 1.76. The van der Waals surface area contributed by atoms with Gasteiger partial charge in [0.1, 0.15) is 4.90 Å². The molecule has 0 atom stereocenters. The van der Waals surface area contributed by atoms with E-state index < -0.39 is 10.0 Å². The zero-order valence-corrected chi connectivity index (χ0v) is 13.2. The first-order chi connectivity index (χ1) is 8.53. The van der Waals surface area contributed by atoms with Gasteiger partial charge in [0.25, 0.3) is 0 Å². The van der Waals surface area contributed by atoms with E-state index in [-0.39, 0.29) is 0 Å². The van der Waals surface area contributed by atoms with E-state index in [4.69, 9.17) is 5.73 Å². The van der Waals surface area contributed by atoms with Gasteiger partial charge in [0.05, 0.1) is 3.79 Å². The van der Waals surface area contributed by atoms with Gasteiger partial charge in [0.15, 0.2) is 0 Å². The molecule has 1 fully saturated rings. The van der Waals surface area contributed by atoms with Crippen molar-refractivity contribution in [3.8, 4) is 0 Å². The zero-order valence-electron chi connectivity index (χ0n) is 9.99. The number of halogens is 1. The van der Waals surface area contributed by atoms with Crippen LogP contribution in [0.3, 0.4) is 0 Å². The highest BCUT2D eigenvalue weighted by Crippen LogP contribution is 2.33. The highest BCUT2D eigenvalue weighted by Gasteiger charge is 2.22. The smallest absolute Gasteiger partial charge is 0.242 e. The summed E-state index contributed by atoms with van der Waals surface area (Å²) >= 11 is 4.65. The number of rotatable bonds is 7. The summed E-state index contributed by atoms with van der Waals surface area (Å²) in [6, 6.07) is 1.64. The largest absolute Gasteiger partial charge is 0.326 e. The number of nitrogens with two attached hydrogens (primary N) is 1. The van der Waals surface area contributed by atoms with E-state index in [0.717, 1.165) is 23.6 Å². The molecular weight excluding hydrogens is 336 g/mol. The van der Waals surface area contributed by atoms with Crippen molar-refractivity contribution in [1.29, 1.82) is 0 Å². The van der Waals surface area contributed by atoms with Gasteiger partial charge in [-0.25, -0.2) is 13.1 Å². The van der Waals surface area contributed by atoms with Gasteiger partial charge in [-0.1, -0.05) is 12.8 Å². The normalized spacial score (nSPS) is 16.1. The summed E-state index contributed by atoms with van der Waals surface area (Å²) in [4.78, 5) is 1.17. The topological polar surface area (TPSA) is 72.2 Å². The zero-order chi connectivity index (χ0) is 13.2. The van der Waals surface area contributed by atoms with Crippen LogP contribution in [-0.4, -0.2) is 15.0 Å². The first kappa shape index (κ1) is 14.5. The molecule has 0 saturated heterocycles. The Balaban J connectivity index is 1.93. The summed E-state index contributed by atoms with van der Waals surface area (Å²) in [5.74, 6) is 0.839. The maximum Gasteiger partial charge on any atom is 0.242 e. The third-order valence-corrected chi connectivity index (χ3v) is 6.71. The van der Waals surface area contributed by atoms with E-state index in [0.29, 0.717) is 21.8 Å². The highest BCUT2D eigenvalue weighted by atomic mass is 79.9. The summed E-state index contributed by atoms with van der Waals surface area (Å²) < 4.78 is 27.4. The molecule has 0 aliphatic heterocycles. The van der Waals surface area contributed by atoms with Crippen LogP contribution in [0.1, 0.15) is 30.6 Å². The molecule has 1 aromatic rings. The average Bonchev–Trinajstić information content (AvgIpc) is 3.06. The molecule has 7 heteroatoms. The van der Waals surface area contributed by atoms with Crippen LogP contribution in [-0.2, 0) is 16.6 Å². The van der Waals surface area contributed by atoms with Gasteiger partial charge in [0.2, 0.25) is 10.0 Å². The second kappa shape index (κ2) is 6.00. The Morgan fingerprint density at radius 1 is 1.50 bits per heavy atom. The monoisotopic (exact) mass is 352 g/mol. The van der Waals surface area contributed by atoms with Crippen LogP contribution in [0.15, 0.2) is 14.7 Å². The number of nitrogens with one attached hydrogen (secondary N) is 1. The first-order valence-corrected chi connectivity index (χ1v) is 9.10. The van der Waals surface area contributed by atoms with E-state index in [1.54, 1.807) is 6.07 Å². The molecule has 0 unspecified atom stereocenters. The molecule has 3 N–H and O–H groups in total. The van der Waals surface area contributed by atoms with Gasteiger partial charge in [-0.15, -0.1) is 11.3 Å². The van der Waals surface area contributed by atoms with Gasteiger partial charge >= 0.3 is 0 Å². The molecule has 1 saturated carbocycles. The molecule has 2 rings (SSSR count). The lowest BCUT2D eigenvalue weighted by atomic mass is 10.2. The van der Waals surface area contributed by atoms with E-state index in [2.05, 4.69) is 20.7 Å². The number of hydrogen-bond donors (Lipinski definition) is 2. The Hall–Kier alpha value is 0.0500. The predicted octanol–water partition coefficient (Wildman–Crippen LogP) is 2.44. The van der Waals surface area contributed by atoms with Crippen LogP contribution in [0.4, 0.5) is 0 Å². The molecule has 0 aromatic carbocycles. The SMILES string of the molecule is NCc1cc(S(=O)(=O)NCCCC2CC2)c(Br)s1. The third-order valence-electron chi connectivity index (χ3n) is 2.98. The summed E-state index contributed by atoms with van der Waals surface area (Å²) in [6.45, 7) is 0.875. The average molecular weight is 353 g/mol. The van der Waals surface area contributed by atoms with E-state index >= 15 is 0 Å². The molecule has 1 aliphatic carbocycles. The number of hydrogen-bond acceptors (Lipinski definition) is 4. The van der Waals surface area contributed by atoms with E-state index in [1.165, 1.54) is 24.2 Å². The van der Waals surface area contributed by atoms with Gasteiger partial charge in [0, 0.05) is 18.0 Å². The number of sulfonamides is 1. The lowest BCUT2D eigenvalue weighted by Gasteiger charge is -2.05. The minimum atomic E-state index is -3.40. The molecule has 1 aliphatic rings. The standard InChI is InChI=1S/C11H17BrN2O2S2/c12-11-10(6-9(7-13)17-11)18(15,16)14-5-1-2-8-3-4-8/h6,8,14H,1-5,7,13H2. The fourth-order valence-corrected chi connectivity index (χ4v) is 5.40. The molecular formula is C11H17BrN2O2S2. The summed E-state index contributed by atoms with van der Waals surface area (Å²) in [7, 11) is -3.40. The molecule has 0 bridgehead atoms. The summed E-state index contributed by atoms with van der Waals surface area (Å²) in [5, 5.41) is 0. The molecule has 0 amide bonds. The maximum atomic E-state index is 12.1. The van der Waals surface area contributed by atoms with Crippen LogP contribution in [0, 0.1) is 5.92 Å². The van der Waals surface area contributed by atoms with Crippen LogP contribution in [0.25, 0.3) is 0 Å². The maximum absolute atomic E-state index is 12.1. The lowest BCUT2D eigenvalue weighted by Crippen LogP contribution is -2.24. The van der Waals surface area contributed by atoms with Crippen LogP contribution >= 0.6 is 27.3 Å². The predicted molar refractivity (Wildman–Crippen MR) is 77.1 cm³/mol. The Bertz CT molecular complexity index is 509. The van der Waals surface area contributed by atoms with Crippen molar-refractivity contribution < 1.29 is 8.42 Å². The third kappa shape index (κ3) is 3.77. The van der Waals surface area contributed by atoms with Crippen molar-refractivity contribution in [2.45, 2.75) is 37.1 Å². The first-order valence-electron chi connectivity index (χ1n) is 6.01. The van der Waals surface area contributed by atoms with Crippen molar-refractivity contribution >= 4 is 37.3 Å². The molecule has 18 heavy (non-hydrogen) atoms. The second-order valence-electron chi connectivity index (χ2n) is 4.54. The van der Waals surface area contributed by atoms with Crippen molar-refractivity contribution in [1.82, 2.24) is 4.72 Å². The van der Waals surface area contributed by atoms with Crippen LogP contribution in [0.2, 0.25) is 0 Å². The quantitative estimate of drug-likeness (QED) is 0.740. The van der Waals surface area contributed by atoms with Gasteiger partial charge < -0.3 is 5.73 Å². The van der Waals surface area contributed by atoms with Crippen molar-refractivity contribution in [2.75, 3.05) is 6.54 Å². The Labute approximate surface area is 120 Å². The fraction of sp³-hybridized carbons (Fsp3) is 0.636. The molecule has 1 heterocycles. The van der Waals surface area contributed by atoms with Crippen molar-refractivity contribution in [3.63, 3.8) is 0 Å². The Morgan fingerprint density at radius 2 is 2.22 bits per heavy atom. The molecule has 4 nitrogen and oxygen atoms in total. The van der Waals surface area contributed by atoms with Crippen LogP contribution in [0.5, 0.6) is 0 Å². The number of thiophene rings is 1. The highest BCUT2D eigenvalue weighted by molar-refractivity contribution is 9.11. The van der Waals surface area contributed by atoms with Crippen molar-refractivity contribution in [2.24, 2.45) is 11.7 Å². The van der Waals surface area contributed by atoms with Crippen molar-refractivity contribution in [3.05, 3.63) is 14.7 Å².